The summed E-state index contributed by atoms with van der Waals surface area (Å²) in [6.45, 7) is 5.71. The normalized spacial score (nSPS) is 11.9. The standard InChI is InChI=1S/C20H18ClN5O3S2/c1-11-5-6-16(9-17(11)21)26-12(2)7-14(13(26)3)8-15(10-22)18(27)23-19-24-20(25-30-19)31(4,28)29/h5-9H,1-4H3,(H,23,24,25,27)/b15-8-. The molecule has 0 aliphatic carbocycles. The van der Waals surface area contributed by atoms with Crippen molar-refractivity contribution in [3.8, 4) is 11.8 Å². The lowest BCUT2D eigenvalue weighted by atomic mass is 10.1. The van der Waals surface area contributed by atoms with Crippen LogP contribution in [-0.2, 0) is 14.6 Å². The van der Waals surface area contributed by atoms with Gasteiger partial charge in [0.25, 0.3) is 11.1 Å². The zero-order chi connectivity index (χ0) is 22.9. The maximum absolute atomic E-state index is 12.5. The van der Waals surface area contributed by atoms with Crippen molar-refractivity contribution < 1.29 is 13.2 Å². The van der Waals surface area contributed by atoms with Gasteiger partial charge in [0.05, 0.1) is 0 Å². The predicted octanol–water partition coefficient (Wildman–Crippen LogP) is 3.86. The van der Waals surface area contributed by atoms with Gasteiger partial charge in [0.1, 0.15) is 11.6 Å². The molecule has 0 bridgehead atoms. The van der Waals surface area contributed by atoms with Crippen LogP contribution in [0.2, 0.25) is 5.02 Å². The second-order valence-electron chi connectivity index (χ2n) is 6.87. The van der Waals surface area contributed by atoms with Crippen molar-refractivity contribution in [1.82, 2.24) is 13.9 Å². The van der Waals surface area contributed by atoms with Crippen molar-refractivity contribution in [2.75, 3.05) is 11.6 Å². The van der Waals surface area contributed by atoms with Gasteiger partial charge in [-0.05, 0) is 56.2 Å². The van der Waals surface area contributed by atoms with Crippen LogP contribution in [0.25, 0.3) is 11.8 Å². The molecule has 0 fully saturated rings. The molecule has 3 aromatic rings. The van der Waals surface area contributed by atoms with Crippen LogP contribution in [0.4, 0.5) is 5.13 Å². The number of carbonyl (C=O) groups is 1. The van der Waals surface area contributed by atoms with Crippen molar-refractivity contribution in [2.24, 2.45) is 0 Å². The zero-order valence-electron chi connectivity index (χ0n) is 17.1. The van der Waals surface area contributed by atoms with Crippen LogP contribution in [0, 0.1) is 32.1 Å². The van der Waals surface area contributed by atoms with E-state index in [9.17, 15) is 18.5 Å². The molecular weight excluding hydrogens is 458 g/mol. The van der Waals surface area contributed by atoms with Crippen molar-refractivity contribution in [1.29, 1.82) is 5.26 Å². The molecule has 160 valence electrons. The number of aromatic nitrogens is 3. The van der Waals surface area contributed by atoms with Gasteiger partial charge < -0.3 is 4.57 Å². The Hall–Kier alpha value is -3.00. The number of aryl methyl sites for hydroxylation is 2. The highest BCUT2D eigenvalue weighted by atomic mass is 35.5. The minimum atomic E-state index is -3.59. The quantitative estimate of drug-likeness (QED) is 0.442. The summed E-state index contributed by atoms with van der Waals surface area (Å²) in [7, 11) is -3.59. The van der Waals surface area contributed by atoms with E-state index in [-0.39, 0.29) is 15.9 Å². The van der Waals surface area contributed by atoms with Crippen LogP contribution in [0.1, 0.15) is 22.5 Å². The van der Waals surface area contributed by atoms with Gasteiger partial charge >= 0.3 is 0 Å². The SMILES string of the molecule is Cc1ccc(-n2c(C)cc(/C=C(/C#N)C(=O)Nc3nc(S(C)(=O)=O)ns3)c2C)cc1Cl. The molecule has 2 heterocycles. The average Bonchev–Trinajstić information content (AvgIpc) is 3.26. The first-order valence-corrected chi connectivity index (χ1v) is 12.0. The fourth-order valence-electron chi connectivity index (χ4n) is 2.93. The van der Waals surface area contributed by atoms with Crippen molar-refractivity contribution >= 4 is 50.1 Å². The number of nitriles is 1. The Kier molecular flexibility index (Phi) is 6.31. The lowest BCUT2D eigenvalue weighted by molar-refractivity contribution is -0.112. The minimum absolute atomic E-state index is 0.00801. The molecule has 2 aromatic heterocycles. The Labute approximate surface area is 188 Å². The topological polar surface area (TPSA) is 118 Å². The first-order chi connectivity index (χ1) is 14.5. The summed E-state index contributed by atoms with van der Waals surface area (Å²) in [6, 6.07) is 9.47. The summed E-state index contributed by atoms with van der Waals surface area (Å²) in [5.41, 5.74) is 4.10. The number of benzene rings is 1. The van der Waals surface area contributed by atoms with E-state index >= 15 is 0 Å². The third-order valence-electron chi connectivity index (χ3n) is 4.51. The van der Waals surface area contributed by atoms with Gasteiger partial charge in [0.15, 0.2) is 0 Å². The Morgan fingerprint density at radius 1 is 1.29 bits per heavy atom. The highest BCUT2D eigenvalue weighted by Crippen LogP contribution is 2.26. The maximum atomic E-state index is 12.5. The minimum Gasteiger partial charge on any atom is -0.318 e. The summed E-state index contributed by atoms with van der Waals surface area (Å²) in [4.78, 5) is 16.3. The molecule has 1 aromatic carbocycles. The van der Waals surface area contributed by atoms with E-state index in [1.165, 1.54) is 6.08 Å². The lowest BCUT2D eigenvalue weighted by Crippen LogP contribution is -2.13. The van der Waals surface area contributed by atoms with Crippen LogP contribution < -0.4 is 5.32 Å². The number of nitrogens with zero attached hydrogens (tertiary/aromatic N) is 4. The third kappa shape index (κ3) is 4.85. The molecule has 1 amide bonds. The van der Waals surface area contributed by atoms with Crippen LogP contribution in [-0.4, -0.2) is 34.5 Å². The second-order valence-corrected chi connectivity index (χ2v) is 9.94. The van der Waals surface area contributed by atoms with Crippen molar-refractivity contribution in [3.05, 3.63) is 57.4 Å². The fourth-order valence-corrected chi connectivity index (χ4v) is 4.55. The number of anilines is 1. The molecule has 0 saturated heterocycles. The molecule has 0 aliphatic heterocycles. The number of rotatable bonds is 5. The number of nitrogens with one attached hydrogen (secondary N) is 1. The van der Waals surface area contributed by atoms with Crippen molar-refractivity contribution in [2.45, 2.75) is 25.9 Å². The van der Waals surface area contributed by atoms with E-state index in [0.717, 1.165) is 40.4 Å². The number of hydrogen-bond donors (Lipinski definition) is 1. The first-order valence-electron chi connectivity index (χ1n) is 8.93. The van der Waals surface area contributed by atoms with E-state index in [1.807, 2.05) is 55.7 Å². The second kappa shape index (κ2) is 8.63. The summed E-state index contributed by atoms with van der Waals surface area (Å²) in [6.07, 6.45) is 2.45. The van der Waals surface area contributed by atoms with E-state index in [2.05, 4.69) is 14.7 Å². The first kappa shape index (κ1) is 22.7. The molecule has 0 unspecified atom stereocenters. The Morgan fingerprint density at radius 2 is 2.00 bits per heavy atom. The molecule has 0 atom stereocenters. The van der Waals surface area contributed by atoms with Gasteiger partial charge in [-0.2, -0.15) is 14.6 Å². The highest BCUT2D eigenvalue weighted by Gasteiger charge is 2.18. The van der Waals surface area contributed by atoms with Crippen LogP contribution in [0.5, 0.6) is 0 Å². The molecule has 11 heteroatoms. The molecule has 0 radical (unpaired) electrons. The maximum Gasteiger partial charge on any atom is 0.268 e. The van der Waals surface area contributed by atoms with E-state index in [4.69, 9.17) is 11.6 Å². The number of hydrogen-bond acceptors (Lipinski definition) is 7. The summed E-state index contributed by atoms with van der Waals surface area (Å²) < 4.78 is 28.6. The predicted molar refractivity (Wildman–Crippen MR) is 120 cm³/mol. The number of halogens is 1. The van der Waals surface area contributed by atoms with Crippen LogP contribution in [0.3, 0.4) is 0 Å². The molecule has 0 spiro atoms. The molecular formula is C20H18ClN5O3S2. The van der Waals surface area contributed by atoms with Gasteiger partial charge in [0, 0.05) is 39.9 Å². The number of sulfone groups is 1. The molecule has 1 N–H and O–H groups in total. The monoisotopic (exact) mass is 475 g/mol. The van der Waals surface area contributed by atoms with E-state index in [0.29, 0.717) is 10.6 Å². The van der Waals surface area contributed by atoms with E-state index in [1.54, 1.807) is 0 Å². The lowest BCUT2D eigenvalue weighted by Gasteiger charge is -2.11. The van der Waals surface area contributed by atoms with Gasteiger partial charge in [0.2, 0.25) is 15.0 Å². The van der Waals surface area contributed by atoms with E-state index < -0.39 is 15.7 Å². The van der Waals surface area contributed by atoms with Gasteiger partial charge in [-0.25, -0.2) is 8.42 Å². The zero-order valence-corrected chi connectivity index (χ0v) is 19.5. The third-order valence-corrected chi connectivity index (χ3v) is 6.51. The van der Waals surface area contributed by atoms with Crippen LogP contribution >= 0.6 is 23.1 Å². The smallest absolute Gasteiger partial charge is 0.268 e. The molecule has 31 heavy (non-hydrogen) atoms. The Balaban J connectivity index is 1.92. The Morgan fingerprint density at radius 3 is 2.58 bits per heavy atom. The summed E-state index contributed by atoms with van der Waals surface area (Å²) in [5.74, 6) is -0.707. The average molecular weight is 476 g/mol. The molecule has 0 saturated carbocycles. The molecule has 0 aliphatic rings. The number of carbonyl (C=O) groups excluding carboxylic acids is 1. The highest BCUT2D eigenvalue weighted by molar-refractivity contribution is 7.90. The largest absolute Gasteiger partial charge is 0.318 e. The van der Waals surface area contributed by atoms with Gasteiger partial charge in [-0.15, -0.1) is 0 Å². The van der Waals surface area contributed by atoms with Gasteiger partial charge in [-0.1, -0.05) is 17.7 Å². The molecule has 3 rings (SSSR count). The summed E-state index contributed by atoms with van der Waals surface area (Å²) >= 11 is 6.98. The number of amides is 1. The van der Waals surface area contributed by atoms with Crippen molar-refractivity contribution in [3.63, 3.8) is 0 Å². The molecule has 8 nitrogen and oxygen atoms in total. The Bertz CT molecular complexity index is 1360. The fraction of sp³-hybridized carbons (Fsp3) is 0.200. The van der Waals surface area contributed by atoms with Gasteiger partial charge in [-0.3, -0.25) is 10.1 Å². The van der Waals surface area contributed by atoms with Crippen LogP contribution in [0.15, 0.2) is 35.0 Å². The summed E-state index contributed by atoms with van der Waals surface area (Å²) in [5, 5.41) is 12.2.